The number of nitriles is 1. The highest BCUT2D eigenvalue weighted by Crippen LogP contribution is 2.23. The van der Waals surface area contributed by atoms with Crippen LogP contribution in [0.3, 0.4) is 0 Å². The Morgan fingerprint density at radius 1 is 1.12 bits per heavy atom. The lowest BCUT2D eigenvalue weighted by Gasteiger charge is -2.22. The number of hydrogen-bond donors (Lipinski definition) is 1. The third-order valence-electron chi connectivity index (χ3n) is 3.47. The predicted molar refractivity (Wildman–Crippen MR) is 88.8 cm³/mol. The number of rotatable bonds is 5. The quantitative estimate of drug-likeness (QED) is 0.906. The zero-order chi connectivity index (χ0) is 18.4. The zero-order valence-electron chi connectivity index (χ0n) is 13.4. The van der Waals surface area contributed by atoms with Gasteiger partial charge in [-0.25, -0.2) is 8.78 Å². The van der Waals surface area contributed by atoms with Crippen LogP contribution in [0.2, 0.25) is 0 Å². The van der Waals surface area contributed by atoms with Crippen molar-refractivity contribution in [1.29, 1.82) is 5.26 Å². The van der Waals surface area contributed by atoms with E-state index in [1.54, 1.807) is 24.3 Å². The van der Waals surface area contributed by atoms with Gasteiger partial charge in [-0.05, 0) is 24.3 Å². The number of nitrogens with one attached hydrogen (secondary N) is 1. The van der Waals surface area contributed by atoms with Crippen LogP contribution in [0, 0.1) is 23.0 Å². The molecule has 0 atom stereocenters. The van der Waals surface area contributed by atoms with Crippen LogP contribution in [0.25, 0.3) is 0 Å². The van der Waals surface area contributed by atoms with Gasteiger partial charge in [0.05, 0.1) is 11.3 Å². The zero-order valence-corrected chi connectivity index (χ0v) is 13.4. The molecule has 0 aromatic heterocycles. The molecule has 5 nitrogen and oxygen atoms in total. The number of carbonyl (C=O) groups is 2. The predicted octanol–water partition coefficient (Wildman–Crippen LogP) is 3.22. The third kappa shape index (κ3) is 4.38. The summed E-state index contributed by atoms with van der Waals surface area (Å²) in [5.74, 6) is -2.84. The SMILES string of the molecule is CC(=O)N(CCC(=O)Nc1ccccc1C#N)c1c(F)cccc1F. The van der Waals surface area contributed by atoms with Crippen molar-refractivity contribution in [2.45, 2.75) is 13.3 Å². The van der Waals surface area contributed by atoms with E-state index in [0.717, 1.165) is 24.0 Å². The first-order chi connectivity index (χ1) is 11.9. The third-order valence-corrected chi connectivity index (χ3v) is 3.47. The molecule has 2 amide bonds. The maximum Gasteiger partial charge on any atom is 0.226 e. The van der Waals surface area contributed by atoms with Crippen LogP contribution >= 0.6 is 0 Å². The van der Waals surface area contributed by atoms with Gasteiger partial charge >= 0.3 is 0 Å². The van der Waals surface area contributed by atoms with E-state index in [2.05, 4.69) is 5.32 Å². The lowest BCUT2D eigenvalue weighted by atomic mass is 10.2. The first-order valence-corrected chi connectivity index (χ1v) is 7.45. The Morgan fingerprint density at radius 3 is 2.36 bits per heavy atom. The Bertz CT molecular complexity index is 826. The highest BCUT2D eigenvalue weighted by Gasteiger charge is 2.21. The maximum atomic E-state index is 13.9. The lowest BCUT2D eigenvalue weighted by molar-refractivity contribution is -0.117. The number of para-hydroxylation sites is 2. The smallest absolute Gasteiger partial charge is 0.226 e. The minimum atomic E-state index is -0.884. The van der Waals surface area contributed by atoms with Gasteiger partial charge in [0.1, 0.15) is 23.4 Å². The van der Waals surface area contributed by atoms with Crippen molar-refractivity contribution in [2.75, 3.05) is 16.8 Å². The van der Waals surface area contributed by atoms with Crippen molar-refractivity contribution in [1.82, 2.24) is 0 Å². The van der Waals surface area contributed by atoms with Crippen LogP contribution in [-0.4, -0.2) is 18.4 Å². The number of halogens is 2. The summed E-state index contributed by atoms with van der Waals surface area (Å²) in [6, 6.07) is 11.6. The fraction of sp³-hybridized carbons (Fsp3) is 0.167. The highest BCUT2D eigenvalue weighted by molar-refractivity contribution is 5.95. The van der Waals surface area contributed by atoms with Crippen LogP contribution in [0.15, 0.2) is 42.5 Å². The maximum absolute atomic E-state index is 13.9. The second-order valence-electron chi connectivity index (χ2n) is 5.20. The first kappa shape index (κ1) is 18.1. The minimum absolute atomic E-state index is 0.187. The topological polar surface area (TPSA) is 73.2 Å². The molecule has 128 valence electrons. The molecule has 0 spiro atoms. The molecule has 2 aromatic carbocycles. The Labute approximate surface area is 143 Å². The van der Waals surface area contributed by atoms with Crippen molar-refractivity contribution < 1.29 is 18.4 Å². The molecule has 0 unspecified atom stereocenters. The summed E-state index contributed by atoms with van der Waals surface area (Å²) in [5.41, 5.74) is 0.140. The fourth-order valence-corrected chi connectivity index (χ4v) is 2.29. The molecular weight excluding hydrogens is 328 g/mol. The van der Waals surface area contributed by atoms with Gasteiger partial charge in [0.2, 0.25) is 11.8 Å². The normalized spacial score (nSPS) is 10.0. The molecule has 0 aliphatic carbocycles. The van der Waals surface area contributed by atoms with E-state index < -0.39 is 29.1 Å². The van der Waals surface area contributed by atoms with Crippen molar-refractivity contribution in [3.63, 3.8) is 0 Å². The van der Waals surface area contributed by atoms with E-state index in [9.17, 15) is 18.4 Å². The van der Waals surface area contributed by atoms with Crippen LogP contribution in [0.4, 0.5) is 20.2 Å². The van der Waals surface area contributed by atoms with Crippen molar-refractivity contribution in [3.05, 3.63) is 59.7 Å². The van der Waals surface area contributed by atoms with E-state index in [-0.39, 0.29) is 13.0 Å². The summed E-state index contributed by atoms with van der Waals surface area (Å²) in [6.45, 7) is 0.961. The Hall–Kier alpha value is -3.27. The Kier molecular flexibility index (Phi) is 5.79. The van der Waals surface area contributed by atoms with Gasteiger partial charge in [-0.2, -0.15) is 5.26 Å². The van der Waals surface area contributed by atoms with E-state index >= 15 is 0 Å². The average molecular weight is 343 g/mol. The average Bonchev–Trinajstić information content (AvgIpc) is 2.57. The van der Waals surface area contributed by atoms with Gasteiger partial charge in [-0.15, -0.1) is 0 Å². The molecule has 0 aliphatic rings. The summed E-state index contributed by atoms with van der Waals surface area (Å²) in [5, 5.41) is 11.5. The van der Waals surface area contributed by atoms with Gasteiger partial charge < -0.3 is 10.2 Å². The summed E-state index contributed by atoms with van der Waals surface area (Å²) < 4.78 is 27.7. The Balaban J connectivity index is 2.11. The molecule has 25 heavy (non-hydrogen) atoms. The van der Waals surface area contributed by atoms with Gasteiger partial charge in [-0.3, -0.25) is 9.59 Å². The summed E-state index contributed by atoms with van der Waals surface area (Å²) in [6.07, 6.45) is -0.187. The van der Waals surface area contributed by atoms with Gasteiger partial charge in [0.15, 0.2) is 0 Å². The standard InChI is InChI=1S/C18H15F2N3O2/c1-12(24)23(18-14(19)6-4-7-15(18)20)10-9-17(25)22-16-8-3-2-5-13(16)11-21/h2-8H,9-10H2,1H3,(H,22,25). The minimum Gasteiger partial charge on any atom is -0.325 e. The molecular formula is C18H15F2N3O2. The number of hydrogen-bond acceptors (Lipinski definition) is 3. The van der Waals surface area contributed by atoms with Gasteiger partial charge in [0, 0.05) is 19.9 Å². The van der Waals surface area contributed by atoms with Crippen LogP contribution in [-0.2, 0) is 9.59 Å². The molecule has 0 saturated carbocycles. The van der Waals surface area contributed by atoms with Crippen LogP contribution in [0.1, 0.15) is 18.9 Å². The molecule has 2 rings (SSSR count). The summed E-state index contributed by atoms with van der Waals surface area (Å²) in [7, 11) is 0. The van der Waals surface area contributed by atoms with E-state index in [1.807, 2.05) is 6.07 Å². The van der Waals surface area contributed by atoms with E-state index in [1.165, 1.54) is 6.07 Å². The van der Waals surface area contributed by atoms with Gasteiger partial charge in [-0.1, -0.05) is 18.2 Å². The van der Waals surface area contributed by atoms with E-state index in [0.29, 0.717) is 11.3 Å². The number of carbonyl (C=O) groups excluding carboxylic acids is 2. The summed E-state index contributed by atoms with van der Waals surface area (Å²) in [4.78, 5) is 24.7. The summed E-state index contributed by atoms with van der Waals surface area (Å²) >= 11 is 0. The number of benzene rings is 2. The molecule has 0 aliphatic heterocycles. The molecule has 1 N–H and O–H groups in total. The largest absolute Gasteiger partial charge is 0.325 e. The van der Waals surface area contributed by atoms with Crippen LogP contribution < -0.4 is 10.2 Å². The Morgan fingerprint density at radius 2 is 1.76 bits per heavy atom. The molecule has 0 heterocycles. The van der Waals surface area contributed by atoms with Crippen LogP contribution in [0.5, 0.6) is 0 Å². The lowest BCUT2D eigenvalue weighted by Crippen LogP contribution is -2.33. The molecule has 7 heteroatoms. The number of anilines is 2. The second kappa shape index (κ2) is 8.02. The molecule has 0 saturated heterocycles. The molecule has 0 radical (unpaired) electrons. The molecule has 0 bridgehead atoms. The molecule has 0 fully saturated rings. The monoisotopic (exact) mass is 343 g/mol. The number of nitrogens with zero attached hydrogens (tertiary/aromatic N) is 2. The number of amides is 2. The second-order valence-corrected chi connectivity index (χ2v) is 5.20. The van der Waals surface area contributed by atoms with Crippen molar-refractivity contribution in [2.24, 2.45) is 0 Å². The molecule has 2 aromatic rings. The highest BCUT2D eigenvalue weighted by atomic mass is 19.1. The van der Waals surface area contributed by atoms with Crippen molar-refractivity contribution >= 4 is 23.2 Å². The van der Waals surface area contributed by atoms with E-state index in [4.69, 9.17) is 5.26 Å². The first-order valence-electron chi connectivity index (χ1n) is 7.45. The fourth-order valence-electron chi connectivity index (χ4n) is 2.29. The van der Waals surface area contributed by atoms with Crippen molar-refractivity contribution in [3.8, 4) is 6.07 Å². The van der Waals surface area contributed by atoms with Gasteiger partial charge in [0.25, 0.3) is 0 Å².